The number of nitrogens with two attached hydrogens (primary N) is 2. The fourth-order valence-corrected chi connectivity index (χ4v) is 0. The van der Waals surface area contributed by atoms with Gasteiger partial charge in [-0.3, -0.25) is 5.41 Å². The molecule has 0 saturated carbocycles. The van der Waals surface area contributed by atoms with Gasteiger partial charge in [-0.15, -0.1) is 0 Å². The lowest BCUT2D eigenvalue weighted by molar-refractivity contribution is 0.275. The van der Waals surface area contributed by atoms with Gasteiger partial charge in [0.15, 0.2) is 5.96 Å². The first-order chi connectivity index (χ1) is 3.73. The molecular weight excluding hydrogens is 160 g/mol. The van der Waals surface area contributed by atoms with Crippen molar-refractivity contribution in [3.8, 4) is 0 Å². The van der Waals surface area contributed by atoms with Crippen LogP contribution in [0, 0.1) is 5.41 Å². The van der Waals surface area contributed by atoms with Crippen LogP contribution < -0.4 is 11.5 Å². The number of nitrogens with one attached hydrogen (secondary N) is 1. The molecule has 0 atom stereocenters. The van der Waals surface area contributed by atoms with E-state index in [9.17, 15) is 0 Å². The van der Waals surface area contributed by atoms with Crippen LogP contribution in [0.3, 0.4) is 0 Å². The van der Waals surface area contributed by atoms with E-state index in [1.807, 2.05) is 0 Å². The molecule has 10 heavy (non-hydrogen) atoms. The van der Waals surface area contributed by atoms with Crippen LogP contribution in [0.4, 0.5) is 0 Å². The molecule has 0 aromatic heterocycles. The molecule has 0 aliphatic carbocycles. The molecule has 7 nitrogen and oxygen atoms in total. The van der Waals surface area contributed by atoms with Crippen LogP contribution in [0.5, 0.6) is 0 Å². The molecule has 3 radical (unpaired) electrons. The van der Waals surface area contributed by atoms with Crippen LogP contribution in [0.15, 0.2) is 0 Å². The molecule has 0 rings (SSSR count). The molecule has 0 saturated heterocycles. The fraction of sp³-hybridized carbons (Fsp3) is 0. The molecule has 0 unspecified atom stereocenters. The Morgan fingerprint density at radius 3 is 1.30 bits per heavy atom. The molecular formula is CH8BN3O4P. The van der Waals surface area contributed by atoms with Gasteiger partial charge in [-0.25, -0.2) is 4.57 Å². The minimum atomic E-state index is -4.64. The Bertz CT molecular complexity index is 120. The zero-order valence-corrected chi connectivity index (χ0v) is 5.82. The maximum Gasteiger partial charge on any atom is 0.466 e. The SMILES string of the molecule is N=C(N)N.O=P(O)(O)O.[B]. The van der Waals surface area contributed by atoms with E-state index in [1.54, 1.807) is 0 Å². The lowest BCUT2D eigenvalue weighted by atomic mass is 10.8. The van der Waals surface area contributed by atoms with Gasteiger partial charge < -0.3 is 26.1 Å². The number of rotatable bonds is 0. The molecule has 0 spiro atoms. The quantitative estimate of drug-likeness (QED) is 0.102. The van der Waals surface area contributed by atoms with E-state index in [0.717, 1.165) is 0 Å². The Labute approximate surface area is 59.4 Å². The van der Waals surface area contributed by atoms with Gasteiger partial charge in [0, 0.05) is 8.41 Å². The summed E-state index contributed by atoms with van der Waals surface area (Å²) < 4.78 is 8.88. The van der Waals surface area contributed by atoms with Crippen LogP contribution in [-0.2, 0) is 4.57 Å². The van der Waals surface area contributed by atoms with E-state index in [4.69, 9.17) is 24.7 Å². The summed E-state index contributed by atoms with van der Waals surface area (Å²) in [4.78, 5) is 21.6. The summed E-state index contributed by atoms with van der Waals surface area (Å²) in [5.41, 5.74) is 8.94. The molecule has 9 heteroatoms. The van der Waals surface area contributed by atoms with Crippen molar-refractivity contribution in [2.24, 2.45) is 11.5 Å². The highest BCUT2D eigenvalue weighted by Gasteiger charge is 2.00. The Morgan fingerprint density at radius 2 is 1.30 bits per heavy atom. The largest absolute Gasteiger partial charge is 0.466 e. The Hall–Kier alpha value is -0.555. The van der Waals surface area contributed by atoms with Crippen LogP contribution >= 0.6 is 7.82 Å². The zero-order chi connectivity index (χ0) is 8.08. The third-order valence-electron chi connectivity index (χ3n) is 0. The van der Waals surface area contributed by atoms with E-state index >= 15 is 0 Å². The average Bonchev–Trinajstić information content (AvgIpc) is 1.19. The highest BCUT2D eigenvalue weighted by atomic mass is 31.2. The van der Waals surface area contributed by atoms with Crippen molar-refractivity contribution in [3.05, 3.63) is 0 Å². The lowest BCUT2D eigenvalue weighted by Crippen LogP contribution is -2.20. The second kappa shape index (κ2) is 6.56. The topological polar surface area (TPSA) is 154 Å². The maximum atomic E-state index is 8.88. The molecule has 0 aliphatic heterocycles. The first-order valence-corrected chi connectivity index (χ1v) is 3.18. The molecule has 0 aliphatic rings. The molecule has 0 bridgehead atoms. The third kappa shape index (κ3) is 1000. The molecule has 0 fully saturated rings. The van der Waals surface area contributed by atoms with E-state index in [0.29, 0.717) is 0 Å². The van der Waals surface area contributed by atoms with Crippen molar-refractivity contribution in [3.63, 3.8) is 0 Å². The number of phosphoric acid groups is 1. The first-order valence-electron chi connectivity index (χ1n) is 1.61. The molecule has 0 amide bonds. The van der Waals surface area contributed by atoms with Gasteiger partial charge in [0.25, 0.3) is 0 Å². The summed E-state index contributed by atoms with van der Waals surface area (Å²) >= 11 is 0. The third-order valence-corrected chi connectivity index (χ3v) is 0. The number of hydrogen-bond donors (Lipinski definition) is 6. The summed E-state index contributed by atoms with van der Waals surface area (Å²) in [6, 6.07) is 0. The summed E-state index contributed by atoms with van der Waals surface area (Å²) in [6.07, 6.45) is 0. The minimum Gasteiger partial charge on any atom is -0.370 e. The van der Waals surface area contributed by atoms with Gasteiger partial charge >= 0.3 is 7.82 Å². The van der Waals surface area contributed by atoms with E-state index < -0.39 is 7.82 Å². The molecule has 0 heterocycles. The monoisotopic (exact) mass is 168 g/mol. The van der Waals surface area contributed by atoms with E-state index in [1.165, 1.54) is 0 Å². The Morgan fingerprint density at radius 1 is 1.30 bits per heavy atom. The van der Waals surface area contributed by atoms with Crippen molar-refractivity contribution >= 4 is 22.2 Å². The van der Waals surface area contributed by atoms with Gasteiger partial charge in [-0.2, -0.15) is 0 Å². The van der Waals surface area contributed by atoms with Gasteiger partial charge in [0.2, 0.25) is 0 Å². The Kier molecular flexibility index (Phi) is 10.6. The van der Waals surface area contributed by atoms with Crippen molar-refractivity contribution in [1.29, 1.82) is 5.41 Å². The van der Waals surface area contributed by atoms with Crippen molar-refractivity contribution in [2.75, 3.05) is 0 Å². The highest BCUT2D eigenvalue weighted by molar-refractivity contribution is 7.45. The molecule has 0 aromatic rings. The second-order valence-corrected chi connectivity index (χ2v) is 2.00. The summed E-state index contributed by atoms with van der Waals surface area (Å²) in [7, 11) is -4.64. The van der Waals surface area contributed by atoms with E-state index in [2.05, 4.69) is 11.5 Å². The smallest absolute Gasteiger partial charge is 0.370 e. The maximum absolute atomic E-state index is 8.88. The van der Waals surface area contributed by atoms with E-state index in [-0.39, 0.29) is 14.4 Å². The normalized spacial score (nSPS) is 8.30. The predicted molar refractivity (Wildman–Crippen MR) is 36.1 cm³/mol. The van der Waals surface area contributed by atoms with Gasteiger partial charge in [0.05, 0.1) is 0 Å². The van der Waals surface area contributed by atoms with Gasteiger partial charge in [-0.1, -0.05) is 0 Å². The zero-order valence-electron chi connectivity index (χ0n) is 4.93. The standard InChI is InChI=1S/CH5N3.B.H3O4P/c2-1(3)4;;1-5(2,3)4/h(H5,2,3,4);;(H3,1,2,3,4). The second-order valence-electron chi connectivity index (χ2n) is 0.969. The lowest BCUT2D eigenvalue weighted by Gasteiger charge is -1.82. The average molecular weight is 168 g/mol. The highest BCUT2D eigenvalue weighted by Crippen LogP contribution is 2.25. The van der Waals surface area contributed by atoms with Gasteiger partial charge in [0.1, 0.15) is 0 Å². The molecule has 59 valence electrons. The van der Waals surface area contributed by atoms with Crippen LogP contribution in [0.25, 0.3) is 0 Å². The predicted octanol–water partition coefficient (Wildman–Crippen LogP) is -2.47. The van der Waals surface area contributed by atoms with Crippen molar-refractivity contribution in [2.45, 2.75) is 0 Å². The van der Waals surface area contributed by atoms with Crippen LogP contribution in [0.1, 0.15) is 0 Å². The summed E-state index contributed by atoms with van der Waals surface area (Å²) in [5.74, 6) is -0.333. The summed E-state index contributed by atoms with van der Waals surface area (Å²) in [5, 5.41) is 6.06. The number of guanidine groups is 1. The number of hydrogen-bond acceptors (Lipinski definition) is 2. The molecule has 0 aromatic carbocycles. The van der Waals surface area contributed by atoms with Crippen LogP contribution in [0.2, 0.25) is 0 Å². The first kappa shape index (κ1) is 16.2. The summed E-state index contributed by atoms with van der Waals surface area (Å²) in [6.45, 7) is 0. The fourth-order valence-electron chi connectivity index (χ4n) is 0. The van der Waals surface area contributed by atoms with Crippen molar-refractivity contribution < 1.29 is 19.2 Å². The Balaban J connectivity index is -0.0000000910. The van der Waals surface area contributed by atoms with Crippen molar-refractivity contribution in [1.82, 2.24) is 0 Å². The minimum absolute atomic E-state index is 0. The van der Waals surface area contributed by atoms with Gasteiger partial charge in [-0.05, 0) is 0 Å². The van der Waals surface area contributed by atoms with Crippen LogP contribution in [-0.4, -0.2) is 29.1 Å². The molecule has 8 N–H and O–H groups in total.